The molecular weight excluding hydrogens is 246 g/mol. The zero-order valence-electron chi connectivity index (χ0n) is 6.97. The largest absolute Gasteiger partial charge is 0.409 e. The Kier molecular flexibility index (Phi) is 3.86. The highest BCUT2D eigenvalue weighted by Crippen LogP contribution is 2.31. The van der Waals surface area contributed by atoms with Gasteiger partial charge in [-0.3, -0.25) is 0 Å². The van der Waals surface area contributed by atoms with E-state index in [2.05, 4.69) is 5.16 Å². The van der Waals surface area contributed by atoms with Gasteiger partial charge < -0.3 is 10.9 Å². The number of amidine groups is 1. The fourth-order valence-electron chi connectivity index (χ4n) is 0.948. The van der Waals surface area contributed by atoms with Crippen LogP contribution in [0.2, 0.25) is 15.1 Å². The van der Waals surface area contributed by atoms with Gasteiger partial charge >= 0.3 is 0 Å². The smallest absolute Gasteiger partial charge is 0.143 e. The van der Waals surface area contributed by atoms with Gasteiger partial charge in [0.25, 0.3) is 0 Å². The third-order valence-electron chi connectivity index (χ3n) is 1.63. The summed E-state index contributed by atoms with van der Waals surface area (Å²) in [6, 6.07) is 3.19. The number of halogens is 3. The van der Waals surface area contributed by atoms with Crippen LogP contribution in [0.3, 0.4) is 0 Å². The first-order valence-corrected chi connectivity index (χ1v) is 4.78. The van der Waals surface area contributed by atoms with Crippen molar-refractivity contribution in [1.29, 1.82) is 0 Å². The van der Waals surface area contributed by atoms with Gasteiger partial charge in [-0.2, -0.15) is 0 Å². The van der Waals surface area contributed by atoms with E-state index in [0.717, 1.165) is 0 Å². The second kappa shape index (κ2) is 4.73. The third kappa shape index (κ3) is 2.44. The van der Waals surface area contributed by atoms with E-state index < -0.39 is 0 Å². The number of nitrogens with two attached hydrogens (primary N) is 1. The first kappa shape index (κ1) is 11.4. The van der Waals surface area contributed by atoms with E-state index in [1.807, 2.05) is 0 Å². The minimum Gasteiger partial charge on any atom is -0.409 e. The Balaban J connectivity index is 3.13. The highest BCUT2D eigenvalue weighted by atomic mass is 35.5. The van der Waals surface area contributed by atoms with Gasteiger partial charge in [-0.1, -0.05) is 40.0 Å². The predicted octanol–water partition coefficient (Wildman–Crippen LogP) is 2.94. The quantitative estimate of drug-likeness (QED) is 0.280. The van der Waals surface area contributed by atoms with Crippen LogP contribution in [0.4, 0.5) is 0 Å². The molecule has 0 unspecified atom stereocenters. The highest BCUT2D eigenvalue weighted by Gasteiger charge is 2.10. The van der Waals surface area contributed by atoms with Crippen molar-refractivity contribution in [1.82, 2.24) is 0 Å². The van der Waals surface area contributed by atoms with E-state index in [9.17, 15) is 0 Å². The molecule has 0 saturated heterocycles. The van der Waals surface area contributed by atoms with Crippen molar-refractivity contribution in [2.45, 2.75) is 6.42 Å². The molecule has 0 fully saturated rings. The molecule has 0 heterocycles. The lowest BCUT2D eigenvalue weighted by Gasteiger charge is -2.06. The summed E-state index contributed by atoms with van der Waals surface area (Å²) >= 11 is 17.5. The maximum Gasteiger partial charge on any atom is 0.143 e. The Bertz CT molecular complexity index is 379. The molecular formula is C8H7Cl3N2O. The Morgan fingerprint density at radius 1 is 1.29 bits per heavy atom. The lowest BCUT2D eigenvalue weighted by Crippen LogP contribution is -2.15. The lowest BCUT2D eigenvalue weighted by atomic mass is 10.1. The Labute approximate surface area is 96.1 Å². The molecule has 0 aromatic heterocycles. The summed E-state index contributed by atoms with van der Waals surface area (Å²) in [5, 5.41) is 12.4. The number of hydrogen-bond acceptors (Lipinski definition) is 2. The molecule has 0 radical (unpaired) electrons. The van der Waals surface area contributed by atoms with E-state index in [0.29, 0.717) is 20.6 Å². The van der Waals surface area contributed by atoms with Crippen LogP contribution in [0.15, 0.2) is 17.3 Å². The molecule has 76 valence electrons. The van der Waals surface area contributed by atoms with Crippen molar-refractivity contribution in [3.63, 3.8) is 0 Å². The van der Waals surface area contributed by atoms with Crippen molar-refractivity contribution in [3.05, 3.63) is 32.8 Å². The van der Waals surface area contributed by atoms with Crippen LogP contribution < -0.4 is 5.73 Å². The number of oxime groups is 1. The van der Waals surface area contributed by atoms with Crippen molar-refractivity contribution in [2.24, 2.45) is 10.9 Å². The first-order valence-electron chi connectivity index (χ1n) is 3.65. The minimum atomic E-state index is 0.0241. The third-order valence-corrected chi connectivity index (χ3v) is 2.82. The highest BCUT2D eigenvalue weighted by molar-refractivity contribution is 6.44. The van der Waals surface area contributed by atoms with E-state index >= 15 is 0 Å². The van der Waals surface area contributed by atoms with Crippen molar-refractivity contribution in [3.8, 4) is 0 Å². The molecule has 14 heavy (non-hydrogen) atoms. The van der Waals surface area contributed by atoms with Crippen molar-refractivity contribution in [2.75, 3.05) is 0 Å². The average molecular weight is 254 g/mol. The fourth-order valence-corrected chi connectivity index (χ4v) is 1.63. The predicted molar refractivity (Wildman–Crippen MR) is 58.6 cm³/mol. The lowest BCUT2D eigenvalue weighted by molar-refractivity contribution is 0.317. The Morgan fingerprint density at radius 2 is 1.86 bits per heavy atom. The molecule has 0 atom stereocenters. The molecule has 0 saturated carbocycles. The van der Waals surface area contributed by atoms with Crippen LogP contribution in [-0.4, -0.2) is 11.0 Å². The molecule has 3 N–H and O–H groups in total. The summed E-state index contributed by atoms with van der Waals surface area (Å²) in [6.45, 7) is 0. The van der Waals surface area contributed by atoms with Gasteiger partial charge in [0, 0.05) is 11.4 Å². The van der Waals surface area contributed by atoms with E-state index in [1.165, 1.54) is 0 Å². The van der Waals surface area contributed by atoms with E-state index in [1.54, 1.807) is 12.1 Å². The number of benzene rings is 1. The summed E-state index contributed by atoms with van der Waals surface area (Å²) in [4.78, 5) is 0. The molecule has 1 rings (SSSR count). The van der Waals surface area contributed by atoms with E-state index in [4.69, 9.17) is 45.7 Å². The van der Waals surface area contributed by atoms with Crippen LogP contribution >= 0.6 is 34.8 Å². The molecule has 6 heteroatoms. The van der Waals surface area contributed by atoms with Crippen molar-refractivity contribution < 1.29 is 5.21 Å². The molecule has 0 amide bonds. The fraction of sp³-hybridized carbons (Fsp3) is 0.125. The van der Waals surface area contributed by atoms with Gasteiger partial charge in [-0.05, 0) is 17.7 Å². The summed E-state index contributed by atoms with van der Waals surface area (Å²) in [5.41, 5.74) is 5.88. The molecule has 0 aliphatic carbocycles. The summed E-state index contributed by atoms with van der Waals surface area (Å²) in [7, 11) is 0. The van der Waals surface area contributed by atoms with Crippen LogP contribution in [0.25, 0.3) is 0 Å². The second-order valence-electron chi connectivity index (χ2n) is 2.59. The summed E-state index contributed by atoms with van der Waals surface area (Å²) < 4.78 is 0. The Morgan fingerprint density at radius 3 is 2.43 bits per heavy atom. The van der Waals surface area contributed by atoms with Crippen molar-refractivity contribution >= 4 is 40.6 Å². The molecule has 0 spiro atoms. The average Bonchev–Trinajstić information content (AvgIpc) is 2.18. The van der Waals surface area contributed by atoms with Crippen LogP contribution in [0.1, 0.15) is 5.56 Å². The SMILES string of the molecule is N/C(Cc1c(Cl)ccc(Cl)c1Cl)=N/O. The van der Waals surface area contributed by atoms with Crippen LogP contribution in [0, 0.1) is 0 Å². The van der Waals surface area contributed by atoms with E-state index in [-0.39, 0.29) is 12.3 Å². The van der Waals surface area contributed by atoms with Crippen LogP contribution in [0.5, 0.6) is 0 Å². The zero-order chi connectivity index (χ0) is 10.7. The maximum absolute atomic E-state index is 8.39. The summed E-state index contributed by atoms with van der Waals surface area (Å²) in [6.07, 6.45) is 0.161. The van der Waals surface area contributed by atoms with Gasteiger partial charge in [0.05, 0.1) is 10.0 Å². The zero-order valence-corrected chi connectivity index (χ0v) is 9.24. The summed E-state index contributed by atoms with van der Waals surface area (Å²) in [5.74, 6) is 0.0241. The standard InChI is InChI=1S/C8H7Cl3N2O/c9-5-1-2-6(10)8(11)4(5)3-7(12)13-14/h1-2,14H,3H2,(H2,12,13). The minimum absolute atomic E-state index is 0.0241. The number of rotatable bonds is 2. The molecule has 1 aromatic rings. The molecule has 3 nitrogen and oxygen atoms in total. The number of nitrogens with zero attached hydrogens (tertiary/aromatic N) is 1. The van der Waals surface area contributed by atoms with Crippen LogP contribution in [-0.2, 0) is 6.42 Å². The van der Waals surface area contributed by atoms with Gasteiger partial charge in [-0.25, -0.2) is 0 Å². The molecule has 1 aromatic carbocycles. The molecule has 0 aliphatic heterocycles. The second-order valence-corrected chi connectivity index (χ2v) is 3.78. The van der Waals surface area contributed by atoms with Gasteiger partial charge in [0.2, 0.25) is 0 Å². The van der Waals surface area contributed by atoms with Gasteiger partial charge in [-0.15, -0.1) is 0 Å². The first-order chi connectivity index (χ1) is 6.56. The Hall–Kier alpha value is -0.640. The van der Waals surface area contributed by atoms with Gasteiger partial charge in [0.1, 0.15) is 5.84 Å². The monoisotopic (exact) mass is 252 g/mol. The molecule has 0 aliphatic rings. The van der Waals surface area contributed by atoms with Gasteiger partial charge in [0.15, 0.2) is 0 Å². The topological polar surface area (TPSA) is 58.6 Å². The molecule has 0 bridgehead atoms. The number of hydrogen-bond donors (Lipinski definition) is 2. The normalized spacial score (nSPS) is 11.8. The maximum atomic E-state index is 8.39.